The maximum Gasteiger partial charge on any atom is 0.223 e. The molecule has 1 unspecified atom stereocenters. The molecule has 4 rings (SSSR count). The lowest BCUT2D eigenvalue weighted by Crippen LogP contribution is -2.30. The fraction of sp³-hybridized carbons (Fsp3) is 0.450. The average Bonchev–Trinajstić information content (AvgIpc) is 3.33. The Morgan fingerprint density at radius 2 is 2.19 bits per heavy atom. The fourth-order valence-electron chi connectivity index (χ4n) is 4.02. The molecule has 1 amide bonds. The minimum absolute atomic E-state index is 0.247. The second-order valence-corrected chi connectivity index (χ2v) is 8.06. The highest BCUT2D eigenvalue weighted by atomic mass is 32.1. The monoisotopic (exact) mass is 368 g/mol. The van der Waals surface area contributed by atoms with Crippen LogP contribution in [-0.2, 0) is 11.2 Å². The Labute approximate surface area is 157 Å². The minimum Gasteiger partial charge on any atom is -0.335 e. The van der Waals surface area contributed by atoms with Gasteiger partial charge in [-0.25, -0.2) is 9.50 Å². The van der Waals surface area contributed by atoms with Gasteiger partial charge in [0.05, 0.1) is 11.7 Å². The van der Waals surface area contributed by atoms with Gasteiger partial charge >= 0.3 is 0 Å². The van der Waals surface area contributed by atoms with Gasteiger partial charge in [-0.3, -0.25) is 4.79 Å². The summed E-state index contributed by atoms with van der Waals surface area (Å²) < 4.78 is 1.90. The molecule has 5 nitrogen and oxygen atoms in total. The molecule has 1 fully saturated rings. The molecular weight excluding hydrogens is 344 g/mol. The summed E-state index contributed by atoms with van der Waals surface area (Å²) in [5.41, 5.74) is 5.07. The average molecular weight is 369 g/mol. The Kier molecular flexibility index (Phi) is 4.53. The quantitative estimate of drug-likeness (QED) is 0.699. The van der Waals surface area contributed by atoms with Crippen molar-refractivity contribution in [3.63, 3.8) is 0 Å². The number of hydrogen-bond donors (Lipinski definition) is 0. The summed E-state index contributed by atoms with van der Waals surface area (Å²) in [4.78, 5) is 20.9. The van der Waals surface area contributed by atoms with Crippen molar-refractivity contribution in [2.24, 2.45) is 0 Å². The maximum absolute atomic E-state index is 12.9. The van der Waals surface area contributed by atoms with Crippen LogP contribution >= 0.6 is 11.3 Å². The number of aryl methyl sites for hydroxylation is 3. The molecule has 0 bridgehead atoms. The van der Waals surface area contributed by atoms with Gasteiger partial charge < -0.3 is 4.90 Å². The Morgan fingerprint density at radius 1 is 1.35 bits per heavy atom. The largest absolute Gasteiger partial charge is 0.335 e. The maximum atomic E-state index is 12.9. The molecule has 1 saturated heterocycles. The van der Waals surface area contributed by atoms with Crippen LogP contribution in [0.4, 0.5) is 0 Å². The van der Waals surface area contributed by atoms with Crippen molar-refractivity contribution in [2.45, 2.75) is 52.5 Å². The van der Waals surface area contributed by atoms with Crippen LogP contribution in [0.15, 0.2) is 23.6 Å². The van der Waals surface area contributed by atoms with Crippen LogP contribution in [0.25, 0.3) is 5.65 Å². The Bertz CT molecular complexity index is 945. The molecule has 1 atom stereocenters. The molecule has 4 heterocycles. The molecule has 0 N–H and O–H groups in total. The van der Waals surface area contributed by atoms with Crippen LogP contribution in [0.5, 0.6) is 0 Å². The van der Waals surface area contributed by atoms with Crippen molar-refractivity contribution in [1.82, 2.24) is 19.5 Å². The van der Waals surface area contributed by atoms with E-state index in [0.29, 0.717) is 12.8 Å². The zero-order chi connectivity index (χ0) is 18.3. The number of carbonyl (C=O) groups is 1. The highest BCUT2D eigenvalue weighted by Gasteiger charge is 2.30. The normalized spacial score (nSPS) is 17.3. The van der Waals surface area contributed by atoms with Gasteiger partial charge in [-0.2, -0.15) is 5.10 Å². The van der Waals surface area contributed by atoms with Crippen LogP contribution in [0.2, 0.25) is 0 Å². The lowest BCUT2D eigenvalue weighted by atomic mass is 10.1. The molecule has 136 valence electrons. The van der Waals surface area contributed by atoms with E-state index >= 15 is 0 Å². The van der Waals surface area contributed by atoms with Gasteiger partial charge in [-0.05, 0) is 57.0 Å². The van der Waals surface area contributed by atoms with E-state index in [1.807, 2.05) is 24.4 Å². The van der Waals surface area contributed by atoms with Crippen molar-refractivity contribution in [1.29, 1.82) is 0 Å². The molecule has 0 saturated carbocycles. The van der Waals surface area contributed by atoms with Crippen molar-refractivity contribution < 1.29 is 4.79 Å². The molecule has 1 aliphatic heterocycles. The number of rotatable bonds is 4. The van der Waals surface area contributed by atoms with Crippen molar-refractivity contribution >= 4 is 22.9 Å². The van der Waals surface area contributed by atoms with Gasteiger partial charge in [-0.1, -0.05) is 6.07 Å². The van der Waals surface area contributed by atoms with Gasteiger partial charge in [0.2, 0.25) is 5.91 Å². The van der Waals surface area contributed by atoms with E-state index < -0.39 is 0 Å². The van der Waals surface area contributed by atoms with Crippen molar-refractivity contribution in [3.8, 4) is 0 Å². The SMILES string of the molecule is Cc1cc2nc(C)c(CCC(=O)N3CCCC3c3cccs3)c(C)n2n1. The predicted molar refractivity (Wildman–Crippen MR) is 104 cm³/mol. The zero-order valence-electron chi connectivity index (χ0n) is 15.5. The Balaban J connectivity index is 1.52. The minimum atomic E-state index is 0.247. The first-order valence-corrected chi connectivity index (χ1v) is 10.1. The second-order valence-electron chi connectivity index (χ2n) is 7.08. The molecule has 1 aliphatic rings. The van der Waals surface area contributed by atoms with Crippen molar-refractivity contribution in [3.05, 3.63) is 51.1 Å². The highest BCUT2D eigenvalue weighted by Crippen LogP contribution is 2.35. The lowest BCUT2D eigenvalue weighted by molar-refractivity contribution is -0.132. The van der Waals surface area contributed by atoms with Crippen LogP contribution in [0.1, 0.15) is 52.8 Å². The number of hydrogen-bond acceptors (Lipinski definition) is 4. The van der Waals surface area contributed by atoms with Crippen molar-refractivity contribution in [2.75, 3.05) is 6.54 Å². The summed E-state index contributed by atoms with van der Waals surface area (Å²) in [6.07, 6.45) is 3.40. The number of nitrogens with zero attached hydrogens (tertiary/aromatic N) is 4. The smallest absolute Gasteiger partial charge is 0.223 e. The Morgan fingerprint density at radius 3 is 2.96 bits per heavy atom. The second kappa shape index (κ2) is 6.83. The molecule has 3 aromatic heterocycles. The summed E-state index contributed by atoms with van der Waals surface area (Å²) in [6, 6.07) is 6.47. The van der Waals surface area contributed by atoms with E-state index in [1.54, 1.807) is 11.3 Å². The van der Waals surface area contributed by atoms with Crippen LogP contribution in [0.3, 0.4) is 0 Å². The third kappa shape index (κ3) is 3.03. The highest BCUT2D eigenvalue weighted by molar-refractivity contribution is 7.10. The number of thiophene rings is 1. The number of amides is 1. The molecule has 0 spiro atoms. The van der Waals surface area contributed by atoms with Gasteiger partial charge in [0.15, 0.2) is 5.65 Å². The summed E-state index contributed by atoms with van der Waals surface area (Å²) in [5, 5.41) is 6.62. The van der Waals surface area contributed by atoms with E-state index in [2.05, 4.69) is 39.4 Å². The molecule has 0 radical (unpaired) electrons. The van der Waals surface area contributed by atoms with Crippen LogP contribution < -0.4 is 0 Å². The van der Waals surface area contributed by atoms with Crippen LogP contribution in [0, 0.1) is 20.8 Å². The number of carbonyl (C=O) groups excluding carboxylic acids is 1. The molecular formula is C20H24N4OS. The topological polar surface area (TPSA) is 50.5 Å². The van der Waals surface area contributed by atoms with Gasteiger partial charge in [0, 0.05) is 35.3 Å². The third-order valence-corrected chi connectivity index (χ3v) is 6.29. The Hall–Kier alpha value is -2.21. The first-order chi connectivity index (χ1) is 12.5. The molecule has 0 aromatic carbocycles. The summed E-state index contributed by atoms with van der Waals surface area (Å²) in [5.74, 6) is 0.247. The van der Waals surface area contributed by atoms with Crippen LogP contribution in [-0.4, -0.2) is 31.9 Å². The number of aromatic nitrogens is 3. The number of fused-ring (bicyclic) bond motifs is 1. The standard InChI is InChI=1S/C20H24N4OS/c1-13-12-19-21-14(2)16(15(3)24(19)22-13)8-9-20(25)23-10-4-6-17(23)18-7-5-11-26-18/h5,7,11-12,17H,4,6,8-10H2,1-3H3. The molecule has 0 aliphatic carbocycles. The van der Waals surface area contributed by atoms with E-state index in [-0.39, 0.29) is 11.9 Å². The van der Waals surface area contributed by atoms with Gasteiger partial charge in [0.25, 0.3) is 0 Å². The first-order valence-electron chi connectivity index (χ1n) is 9.20. The molecule has 26 heavy (non-hydrogen) atoms. The predicted octanol–water partition coefficient (Wildman–Crippen LogP) is 4.01. The van der Waals surface area contributed by atoms with Gasteiger partial charge in [0.1, 0.15) is 0 Å². The zero-order valence-corrected chi connectivity index (χ0v) is 16.3. The van der Waals surface area contributed by atoms with Gasteiger partial charge in [-0.15, -0.1) is 11.3 Å². The summed E-state index contributed by atoms with van der Waals surface area (Å²) in [7, 11) is 0. The van der Waals surface area contributed by atoms with E-state index in [1.165, 1.54) is 4.88 Å². The third-order valence-electron chi connectivity index (χ3n) is 5.32. The lowest BCUT2D eigenvalue weighted by Gasteiger charge is -2.24. The van der Waals surface area contributed by atoms with E-state index in [9.17, 15) is 4.79 Å². The number of likely N-dealkylation sites (tertiary alicyclic amines) is 1. The fourth-order valence-corrected chi connectivity index (χ4v) is 4.89. The summed E-state index contributed by atoms with van der Waals surface area (Å²) in [6.45, 7) is 6.94. The molecule has 3 aromatic rings. The van der Waals surface area contributed by atoms with E-state index in [4.69, 9.17) is 0 Å². The summed E-state index contributed by atoms with van der Waals surface area (Å²) >= 11 is 1.75. The van der Waals surface area contributed by atoms with E-state index in [0.717, 1.165) is 47.7 Å². The molecule has 6 heteroatoms. The first kappa shape index (κ1) is 17.2.